The van der Waals surface area contributed by atoms with Crippen LogP contribution in [-0.4, -0.2) is 78.3 Å². The maximum Gasteiger partial charge on any atom is 0.415 e. The summed E-state index contributed by atoms with van der Waals surface area (Å²) in [5.74, 6) is 1.25. The molecular weight excluding hydrogens is 432 g/mol. The highest BCUT2D eigenvalue weighted by atomic mass is 16.6. The molecule has 5 atom stereocenters. The molecule has 1 aliphatic heterocycles. The minimum Gasteiger partial charge on any atom is -0.410 e. The second kappa shape index (κ2) is 9.13. The fourth-order valence-corrected chi connectivity index (χ4v) is 7.35. The van der Waals surface area contributed by atoms with Crippen LogP contribution in [0.1, 0.15) is 56.1 Å². The number of aliphatic hydroxyl groups is 1. The molecule has 34 heavy (non-hydrogen) atoms. The maximum absolute atomic E-state index is 12.8. The average molecular weight is 471 g/mol. The average Bonchev–Trinajstić information content (AvgIpc) is 3.15. The van der Waals surface area contributed by atoms with Crippen LogP contribution in [0.5, 0.6) is 5.75 Å². The van der Waals surface area contributed by atoms with Crippen LogP contribution in [-0.2, 0) is 11.2 Å². The number of carbonyl (C=O) groups is 2. The van der Waals surface area contributed by atoms with Gasteiger partial charge in [-0.25, -0.2) is 4.79 Å². The number of aryl methyl sites for hydroxylation is 1. The smallest absolute Gasteiger partial charge is 0.410 e. The van der Waals surface area contributed by atoms with E-state index in [1.54, 1.807) is 4.90 Å². The van der Waals surface area contributed by atoms with Gasteiger partial charge in [0.1, 0.15) is 5.75 Å². The quantitative estimate of drug-likeness (QED) is 0.448. The summed E-state index contributed by atoms with van der Waals surface area (Å²) in [6, 6.07) is 6.07. The SMILES string of the molecule is CC12CCC3c4ccc(OC(=O)N5CCN(CCNC=O)CC5)cc4CCC3(N)C1CCC2O. The third-order valence-corrected chi connectivity index (χ3v) is 9.36. The van der Waals surface area contributed by atoms with Crippen LogP contribution < -0.4 is 15.8 Å². The van der Waals surface area contributed by atoms with Crippen molar-refractivity contribution in [3.05, 3.63) is 29.3 Å². The van der Waals surface area contributed by atoms with E-state index < -0.39 is 0 Å². The van der Waals surface area contributed by atoms with Gasteiger partial charge in [0.15, 0.2) is 0 Å². The monoisotopic (exact) mass is 470 g/mol. The number of benzene rings is 1. The van der Waals surface area contributed by atoms with E-state index in [4.69, 9.17) is 10.5 Å². The van der Waals surface area contributed by atoms with E-state index in [0.29, 0.717) is 43.6 Å². The van der Waals surface area contributed by atoms with Crippen molar-refractivity contribution in [2.24, 2.45) is 17.1 Å². The number of nitrogens with one attached hydrogen (secondary N) is 1. The molecule has 1 heterocycles. The summed E-state index contributed by atoms with van der Waals surface area (Å²) in [6.07, 6.45) is 5.84. The number of nitrogens with zero attached hydrogens (tertiary/aromatic N) is 2. The van der Waals surface area contributed by atoms with Gasteiger partial charge in [0, 0.05) is 50.7 Å². The number of nitrogens with two attached hydrogens (primary N) is 1. The van der Waals surface area contributed by atoms with E-state index in [1.165, 1.54) is 11.1 Å². The van der Waals surface area contributed by atoms with Crippen LogP contribution in [0, 0.1) is 11.3 Å². The molecule has 5 rings (SSSR count). The van der Waals surface area contributed by atoms with Crippen LogP contribution in [0.4, 0.5) is 4.79 Å². The van der Waals surface area contributed by atoms with Crippen molar-refractivity contribution < 1.29 is 19.4 Å². The molecule has 0 aromatic heterocycles. The van der Waals surface area contributed by atoms with Gasteiger partial charge in [-0.15, -0.1) is 0 Å². The lowest BCUT2D eigenvalue weighted by molar-refractivity contribution is -0.109. The minimum absolute atomic E-state index is 0.0623. The lowest BCUT2D eigenvalue weighted by Crippen LogP contribution is -2.61. The normalized spacial score (nSPS) is 35.1. The number of ether oxygens (including phenoxy) is 1. The molecule has 1 saturated heterocycles. The van der Waals surface area contributed by atoms with E-state index in [1.807, 2.05) is 12.1 Å². The molecule has 8 heteroatoms. The summed E-state index contributed by atoms with van der Waals surface area (Å²) in [6.45, 7) is 6.43. The zero-order chi connectivity index (χ0) is 23.9. The Morgan fingerprint density at radius 3 is 2.79 bits per heavy atom. The fourth-order valence-electron chi connectivity index (χ4n) is 7.35. The van der Waals surface area contributed by atoms with Gasteiger partial charge >= 0.3 is 6.09 Å². The molecule has 1 aromatic rings. The van der Waals surface area contributed by atoms with Crippen LogP contribution >= 0.6 is 0 Å². The second-order valence-electron chi connectivity index (χ2n) is 11.0. The Morgan fingerprint density at radius 1 is 1.24 bits per heavy atom. The van der Waals surface area contributed by atoms with Gasteiger partial charge in [-0.1, -0.05) is 13.0 Å². The molecule has 0 radical (unpaired) electrons. The second-order valence-corrected chi connectivity index (χ2v) is 11.0. The number of rotatable bonds is 5. The van der Waals surface area contributed by atoms with Crippen LogP contribution in [0.15, 0.2) is 18.2 Å². The lowest BCUT2D eigenvalue weighted by Gasteiger charge is -2.56. The van der Waals surface area contributed by atoms with E-state index in [0.717, 1.165) is 58.2 Å². The first-order chi connectivity index (χ1) is 16.3. The maximum atomic E-state index is 12.8. The number of hydrogen-bond donors (Lipinski definition) is 3. The Morgan fingerprint density at radius 2 is 2.03 bits per heavy atom. The number of hydrogen-bond acceptors (Lipinski definition) is 6. The van der Waals surface area contributed by atoms with Gasteiger partial charge in [-0.2, -0.15) is 0 Å². The lowest BCUT2D eigenvalue weighted by atomic mass is 9.51. The van der Waals surface area contributed by atoms with E-state index in [2.05, 4.69) is 23.2 Å². The number of amides is 2. The first kappa shape index (κ1) is 23.6. The molecule has 3 aliphatic carbocycles. The number of carbonyl (C=O) groups excluding carboxylic acids is 2. The van der Waals surface area contributed by atoms with E-state index in [9.17, 15) is 14.7 Å². The minimum atomic E-state index is -0.303. The van der Waals surface area contributed by atoms with Crippen molar-refractivity contribution in [3.63, 3.8) is 0 Å². The first-order valence-electron chi connectivity index (χ1n) is 12.8. The van der Waals surface area contributed by atoms with Gasteiger partial charge in [0.25, 0.3) is 0 Å². The molecule has 8 nitrogen and oxygen atoms in total. The van der Waals surface area contributed by atoms with Gasteiger partial charge < -0.3 is 25.8 Å². The summed E-state index contributed by atoms with van der Waals surface area (Å²) in [5.41, 5.74) is 9.36. The Hall–Kier alpha value is -2.16. The van der Waals surface area contributed by atoms with Crippen LogP contribution in [0.3, 0.4) is 0 Å². The molecule has 186 valence electrons. The standard InChI is InChI=1S/C26H38N4O4/c1-25-8-7-21-20-3-2-19(16-18(20)6-9-26(21,27)22(25)4-5-23(25)32)34-24(33)30-14-12-29(13-15-30)11-10-28-17-31/h2-3,16-17,21-23,32H,4-15,27H2,1H3,(H,28,31). The molecule has 2 saturated carbocycles. The number of fused-ring (bicyclic) bond motifs is 5. The van der Waals surface area contributed by atoms with Gasteiger partial charge in [0.05, 0.1) is 6.10 Å². The van der Waals surface area contributed by atoms with Crippen LogP contribution in [0.25, 0.3) is 0 Å². The van der Waals surface area contributed by atoms with Crippen molar-refractivity contribution in [2.45, 2.75) is 63.0 Å². The van der Waals surface area contributed by atoms with Gasteiger partial charge in [-0.05, 0) is 73.1 Å². The largest absolute Gasteiger partial charge is 0.415 e. The first-order valence-corrected chi connectivity index (χ1v) is 12.8. The molecule has 3 fully saturated rings. The number of piperazine rings is 1. The van der Waals surface area contributed by atoms with Gasteiger partial charge in [-0.3, -0.25) is 9.69 Å². The predicted octanol–water partition coefficient (Wildman–Crippen LogP) is 1.85. The Labute approximate surface area is 201 Å². The number of aliphatic hydroxyl groups excluding tert-OH is 1. The molecule has 2 amide bonds. The predicted molar refractivity (Wildman–Crippen MR) is 129 cm³/mol. The zero-order valence-electron chi connectivity index (χ0n) is 20.2. The summed E-state index contributed by atoms with van der Waals surface area (Å²) in [5, 5.41) is 13.3. The van der Waals surface area contributed by atoms with E-state index >= 15 is 0 Å². The van der Waals surface area contributed by atoms with Crippen molar-refractivity contribution in [1.82, 2.24) is 15.1 Å². The Balaban J connectivity index is 1.22. The summed E-state index contributed by atoms with van der Waals surface area (Å²) >= 11 is 0. The third kappa shape index (κ3) is 3.99. The molecule has 0 spiro atoms. The van der Waals surface area contributed by atoms with Crippen molar-refractivity contribution >= 4 is 12.5 Å². The summed E-state index contributed by atoms with van der Waals surface area (Å²) in [7, 11) is 0. The van der Waals surface area contributed by atoms with Gasteiger partial charge in [0.2, 0.25) is 6.41 Å². The molecule has 4 aliphatic rings. The molecular formula is C26H38N4O4. The molecule has 4 N–H and O–H groups in total. The van der Waals surface area contributed by atoms with Crippen LogP contribution in [0.2, 0.25) is 0 Å². The highest BCUT2D eigenvalue weighted by molar-refractivity contribution is 5.71. The van der Waals surface area contributed by atoms with E-state index in [-0.39, 0.29) is 23.2 Å². The topological polar surface area (TPSA) is 108 Å². The fraction of sp³-hybridized carbons (Fsp3) is 0.692. The van der Waals surface area contributed by atoms with Crippen molar-refractivity contribution in [1.29, 1.82) is 0 Å². The summed E-state index contributed by atoms with van der Waals surface area (Å²) in [4.78, 5) is 27.1. The molecule has 1 aromatic carbocycles. The summed E-state index contributed by atoms with van der Waals surface area (Å²) < 4.78 is 5.76. The zero-order valence-corrected chi connectivity index (χ0v) is 20.2. The highest BCUT2D eigenvalue weighted by Crippen LogP contribution is 2.61. The van der Waals surface area contributed by atoms with Crippen molar-refractivity contribution in [2.75, 3.05) is 39.3 Å². The Bertz CT molecular complexity index is 933. The van der Waals surface area contributed by atoms with Crippen molar-refractivity contribution in [3.8, 4) is 5.75 Å². The third-order valence-electron chi connectivity index (χ3n) is 9.36. The Kier molecular flexibility index (Phi) is 6.33. The molecule has 0 bridgehead atoms. The highest BCUT2D eigenvalue weighted by Gasteiger charge is 2.60. The molecule has 5 unspecified atom stereocenters.